The quantitative estimate of drug-likeness (QED) is 0.561. The number of thioether (sulfide) groups is 1. The van der Waals surface area contributed by atoms with Crippen LogP contribution in [-0.4, -0.2) is 16.4 Å². The van der Waals surface area contributed by atoms with Crippen LogP contribution < -0.4 is 10.1 Å². The van der Waals surface area contributed by atoms with Gasteiger partial charge in [-0.3, -0.25) is 14.9 Å². The van der Waals surface area contributed by atoms with E-state index < -0.39 is 0 Å². The Morgan fingerprint density at radius 1 is 1.00 bits per heavy atom. The van der Waals surface area contributed by atoms with E-state index in [1.54, 1.807) is 0 Å². The van der Waals surface area contributed by atoms with Crippen molar-refractivity contribution in [1.29, 1.82) is 0 Å². The molecule has 0 aromatic heterocycles. The summed E-state index contributed by atoms with van der Waals surface area (Å²) in [4.78, 5) is 22.7. The molecule has 4 nitrogen and oxygen atoms in total. The average molecular weight is 398 g/mol. The molecule has 3 rings (SSSR count). The highest BCUT2D eigenvalue weighted by atomic mass is 32.2. The van der Waals surface area contributed by atoms with Crippen molar-refractivity contribution in [2.75, 3.05) is 0 Å². The zero-order chi connectivity index (χ0) is 19.9. The Morgan fingerprint density at radius 2 is 1.71 bits per heavy atom. The lowest BCUT2D eigenvalue weighted by Gasteiger charge is -2.15. The lowest BCUT2D eigenvalue weighted by atomic mass is 10.0. The summed E-state index contributed by atoms with van der Waals surface area (Å²) < 4.78 is 6.05. The van der Waals surface area contributed by atoms with Crippen molar-refractivity contribution in [2.45, 2.75) is 57.3 Å². The molecule has 5 heteroatoms. The molecule has 2 atom stereocenters. The summed E-state index contributed by atoms with van der Waals surface area (Å²) in [5, 5.41) is 1.93. The number of imide groups is 1. The molecule has 1 saturated heterocycles. The van der Waals surface area contributed by atoms with Gasteiger partial charge in [0, 0.05) is 0 Å². The van der Waals surface area contributed by atoms with E-state index >= 15 is 0 Å². The highest BCUT2D eigenvalue weighted by molar-refractivity contribution is 8.15. The first-order chi connectivity index (χ1) is 13.5. The third-order valence-electron chi connectivity index (χ3n) is 4.98. The van der Waals surface area contributed by atoms with Crippen molar-refractivity contribution in [3.05, 3.63) is 65.2 Å². The second-order valence-corrected chi connectivity index (χ2v) is 8.47. The minimum Gasteiger partial charge on any atom is -0.486 e. The van der Waals surface area contributed by atoms with Crippen LogP contribution in [0.4, 0.5) is 4.79 Å². The zero-order valence-electron chi connectivity index (χ0n) is 16.4. The van der Waals surface area contributed by atoms with E-state index in [1.807, 2.05) is 12.1 Å². The molecule has 0 radical (unpaired) electrons. The predicted molar refractivity (Wildman–Crippen MR) is 114 cm³/mol. The fraction of sp³-hybridized carbons (Fsp3) is 0.391. The monoisotopic (exact) mass is 397 g/mol. The molecular formula is C23H27NO3S. The van der Waals surface area contributed by atoms with Crippen molar-refractivity contribution >= 4 is 22.9 Å². The van der Waals surface area contributed by atoms with Crippen molar-refractivity contribution < 1.29 is 14.3 Å². The maximum Gasteiger partial charge on any atom is 0.286 e. The average Bonchev–Trinajstić information content (AvgIpc) is 3.00. The zero-order valence-corrected chi connectivity index (χ0v) is 17.3. The van der Waals surface area contributed by atoms with Gasteiger partial charge in [0.1, 0.15) is 11.9 Å². The number of unbranched alkanes of at least 4 members (excludes halogenated alkanes) is 2. The first kappa shape index (κ1) is 20.5. The molecular weight excluding hydrogens is 370 g/mol. The van der Waals surface area contributed by atoms with Gasteiger partial charge in [-0.05, 0) is 56.4 Å². The van der Waals surface area contributed by atoms with E-state index in [4.69, 9.17) is 4.74 Å². The molecule has 2 amide bonds. The van der Waals surface area contributed by atoms with Crippen LogP contribution in [0.3, 0.4) is 0 Å². The van der Waals surface area contributed by atoms with Crippen LogP contribution in [0.15, 0.2) is 48.5 Å². The Bertz CT molecular complexity index is 802. The van der Waals surface area contributed by atoms with Crippen molar-refractivity contribution in [3.63, 3.8) is 0 Å². The summed E-state index contributed by atoms with van der Waals surface area (Å²) in [6, 6.07) is 16.7. The minimum atomic E-state index is -0.214. The van der Waals surface area contributed by atoms with Crippen LogP contribution in [0.1, 0.15) is 55.4 Å². The van der Waals surface area contributed by atoms with Crippen LogP contribution in [0.5, 0.6) is 5.75 Å². The van der Waals surface area contributed by atoms with Crippen molar-refractivity contribution in [3.8, 4) is 5.75 Å². The number of amides is 2. The van der Waals surface area contributed by atoms with Crippen LogP contribution in [0.25, 0.3) is 0 Å². The third-order valence-corrected chi connectivity index (χ3v) is 6.03. The number of hydrogen-bond donors (Lipinski definition) is 1. The summed E-state index contributed by atoms with van der Waals surface area (Å²) in [6.07, 6.45) is 4.90. The summed E-state index contributed by atoms with van der Waals surface area (Å²) in [6.45, 7) is 4.15. The van der Waals surface area contributed by atoms with E-state index in [0.717, 1.165) is 49.6 Å². The number of aryl methyl sites for hydroxylation is 2. The fourth-order valence-electron chi connectivity index (χ4n) is 3.26. The van der Waals surface area contributed by atoms with Crippen molar-refractivity contribution in [1.82, 2.24) is 5.32 Å². The molecule has 2 unspecified atom stereocenters. The Morgan fingerprint density at radius 3 is 2.36 bits per heavy atom. The largest absolute Gasteiger partial charge is 0.486 e. The van der Waals surface area contributed by atoms with E-state index in [-0.39, 0.29) is 22.5 Å². The molecule has 0 saturated carbocycles. The number of carbonyl (C=O) groups excluding carboxylic acids is 2. The van der Waals surface area contributed by atoms with Gasteiger partial charge in [0.15, 0.2) is 0 Å². The molecule has 1 heterocycles. The number of hydrogen-bond acceptors (Lipinski definition) is 4. The number of ether oxygens (including phenoxy) is 1. The molecule has 2 aromatic rings. The molecule has 0 bridgehead atoms. The van der Waals surface area contributed by atoms with Gasteiger partial charge in [-0.2, -0.15) is 0 Å². The predicted octanol–water partition coefficient (Wildman–Crippen LogP) is 5.59. The van der Waals surface area contributed by atoms with E-state index in [1.165, 1.54) is 16.7 Å². The first-order valence-electron chi connectivity index (χ1n) is 9.85. The normalized spacial score (nSPS) is 17.4. The van der Waals surface area contributed by atoms with Gasteiger partial charge in [-0.1, -0.05) is 66.6 Å². The Kier molecular flexibility index (Phi) is 7.15. The smallest absolute Gasteiger partial charge is 0.286 e. The molecule has 0 spiro atoms. The number of rotatable bonds is 9. The van der Waals surface area contributed by atoms with Crippen LogP contribution in [0.2, 0.25) is 0 Å². The summed E-state index contributed by atoms with van der Waals surface area (Å²) in [7, 11) is 0. The van der Waals surface area contributed by atoms with E-state index in [9.17, 15) is 9.59 Å². The van der Waals surface area contributed by atoms with Gasteiger partial charge in [0.2, 0.25) is 5.91 Å². The maximum absolute atomic E-state index is 11.5. The fourth-order valence-corrected chi connectivity index (χ4v) is 4.13. The van der Waals surface area contributed by atoms with Crippen LogP contribution >= 0.6 is 11.8 Å². The summed E-state index contributed by atoms with van der Waals surface area (Å²) >= 11 is 1.12. The van der Waals surface area contributed by atoms with E-state index in [0.29, 0.717) is 0 Å². The summed E-state index contributed by atoms with van der Waals surface area (Å²) in [5.41, 5.74) is 3.71. The molecule has 1 aliphatic heterocycles. The highest BCUT2D eigenvalue weighted by Gasteiger charge is 2.30. The SMILES string of the molecule is Cc1ccc(C(C)Oc2ccc(CCCCCC3SC(=O)NC3=O)cc2)cc1. The molecule has 0 aliphatic carbocycles. The number of benzene rings is 2. The van der Waals surface area contributed by atoms with Gasteiger partial charge in [0.25, 0.3) is 5.24 Å². The van der Waals surface area contributed by atoms with Gasteiger partial charge < -0.3 is 4.74 Å². The Labute approximate surface area is 171 Å². The van der Waals surface area contributed by atoms with Crippen molar-refractivity contribution in [2.24, 2.45) is 0 Å². The molecule has 1 N–H and O–H groups in total. The van der Waals surface area contributed by atoms with Crippen LogP contribution in [-0.2, 0) is 11.2 Å². The topological polar surface area (TPSA) is 55.4 Å². The van der Waals surface area contributed by atoms with Gasteiger partial charge in [-0.25, -0.2) is 0 Å². The molecule has 2 aromatic carbocycles. The second kappa shape index (κ2) is 9.78. The molecule has 1 fully saturated rings. The number of nitrogens with one attached hydrogen (secondary N) is 1. The second-order valence-electron chi connectivity index (χ2n) is 7.30. The lowest BCUT2D eigenvalue weighted by molar-refractivity contribution is -0.119. The lowest BCUT2D eigenvalue weighted by Crippen LogP contribution is -2.24. The third kappa shape index (κ3) is 5.86. The minimum absolute atomic E-state index is 0.0176. The molecule has 148 valence electrons. The van der Waals surface area contributed by atoms with Gasteiger partial charge in [-0.15, -0.1) is 0 Å². The molecule has 28 heavy (non-hydrogen) atoms. The summed E-state index contributed by atoms with van der Waals surface area (Å²) in [5.74, 6) is 0.746. The molecule has 1 aliphatic rings. The highest BCUT2D eigenvalue weighted by Crippen LogP contribution is 2.25. The van der Waals surface area contributed by atoms with Crippen LogP contribution in [0, 0.1) is 6.92 Å². The Balaban J connectivity index is 1.37. The van der Waals surface area contributed by atoms with Gasteiger partial charge in [0.05, 0.1) is 5.25 Å². The maximum atomic E-state index is 11.5. The van der Waals surface area contributed by atoms with E-state index in [2.05, 4.69) is 55.6 Å². The Hall–Kier alpha value is -2.27. The first-order valence-corrected chi connectivity index (χ1v) is 10.7. The number of carbonyl (C=O) groups is 2. The van der Waals surface area contributed by atoms with Gasteiger partial charge >= 0.3 is 0 Å². The standard InChI is InChI=1S/C23H27NO3S/c1-16-8-12-19(13-9-16)17(2)27-20-14-10-18(11-15-20)6-4-3-5-7-21-22(25)24-23(26)28-21/h8-15,17,21H,3-7H2,1-2H3,(H,24,25,26).